The minimum atomic E-state index is -0.307. The minimum absolute atomic E-state index is 0.0528. The molecule has 3 rings (SSSR count). The van der Waals surface area contributed by atoms with Crippen LogP contribution in [0.5, 0.6) is 0 Å². The zero-order valence-electron chi connectivity index (χ0n) is 14.7. The van der Waals surface area contributed by atoms with Crippen LogP contribution in [0.1, 0.15) is 38.7 Å². The number of nitrogens with zero attached hydrogens (tertiary/aromatic N) is 1. The molecule has 0 bridgehead atoms. The largest absolute Gasteiger partial charge is 0.431 e. The van der Waals surface area contributed by atoms with E-state index in [1.807, 2.05) is 49.4 Å². The second-order valence-corrected chi connectivity index (χ2v) is 7.39. The zero-order valence-corrected chi connectivity index (χ0v) is 15.5. The molecule has 0 aliphatic heterocycles. The van der Waals surface area contributed by atoms with Gasteiger partial charge in [0, 0.05) is 5.69 Å². The number of aromatic nitrogens is 1. The fraction of sp³-hybridized carbons (Fsp3) is 0.300. The van der Waals surface area contributed by atoms with Crippen LogP contribution in [-0.4, -0.2) is 16.1 Å². The van der Waals surface area contributed by atoms with Crippen molar-refractivity contribution in [1.82, 2.24) is 4.98 Å². The molecule has 1 N–H and O–H groups in total. The maximum absolute atomic E-state index is 12.6. The predicted octanol–water partition coefficient (Wildman–Crippen LogP) is 5.46. The molecular weight excluding hydrogens is 332 g/mol. The molecule has 0 aliphatic rings. The highest BCUT2D eigenvalue weighted by Crippen LogP contribution is 2.29. The lowest BCUT2D eigenvalue weighted by molar-refractivity contribution is -0.115. The third-order valence-corrected chi connectivity index (χ3v) is 5.23. The minimum Gasteiger partial charge on any atom is -0.431 e. The predicted molar refractivity (Wildman–Crippen MR) is 103 cm³/mol. The summed E-state index contributed by atoms with van der Waals surface area (Å²) in [7, 11) is 0. The van der Waals surface area contributed by atoms with Crippen molar-refractivity contribution in [3.8, 4) is 0 Å². The van der Waals surface area contributed by atoms with Gasteiger partial charge in [0.05, 0.1) is 5.25 Å². The Bertz CT molecular complexity index is 842. The van der Waals surface area contributed by atoms with Crippen molar-refractivity contribution in [2.75, 3.05) is 5.32 Å². The molecule has 5 heteroatoms. The molecule has 0 aliphatic carbocycles. The summed E-state index contributed by atoms with van der Waals surface area (Å²) in [6.45, 7) is 6.18. The molecule has 4 nitrogen and oxygen atoms in total. The van der Waals surface area contributed by atoms with Gasteiger partial charge >= 0.3 is 0 Å². The van der Waals surface area contributed by atoms with E-state index in [1.54, 1.807) is 0 Å². The van der Waals surface area contributed by atoms with E-state index in [0.29, 0.717) is 11.1 Å². The van der Waals surface area contributed by atoms with Gasteiger partial charge in [0.25, 0.3) is 5.22 Å². The molecule has 0 radical (unpaired) electrons. The van der Waals surface area contributed by atoms with Gasteiger partial charge in [-0.1, -0.05) is 55.9 Å². The fourth-order valence-corrected chi connectivity index (χ4v) is 3.36. The van der Waals surface area contributed by atoms with Gasteiger partial charge in [-0.05, 0) is 43.0 Å². The summed E-state index contributed by atoms with van der Waals surface area (Å²) in [5.74, 6) is 0.347. The summed E-state index contributed by atoms with van der Waals surface area (Å²) in [4.78, 5) is 17.0. The Hall–Kier alpha value is -2.27. The molecule has 1 aromatic heterocycles. The summed E-state index contributed by atoms with van der Waals surface area (Å²) in [6, 6.07) is 15.6. The maximum atomic E-state index is 12.6. The lowest BCUT2D eigenvalue weighted by Crippen LogP contribution is -2.23. The molecule has 0 saturated heterocycles. The average molecular weight is 354 g/mol. The number of fused-ring (bicyclic) bond motifs is 1. The van der Waals surface area contributed by atoms with Crippen LogP contribution in [0.4, 0.5) is 5.69 Å². The lowest BCUT2D eigenvalue weighted by atomic mass is 9.97. The molecule has 2 aromatic carbocycles. The number of hydrogen-bond donors (Lipinski definition) is 1. The summed E-state index contributed by atoms with van der Waals surface area (Å²) in [5.41, 5.74) is 3.59. The first-order chi connectivity index (χ1) is 12.1. The van der Waals surface area contributed by atoms with Gasteiger partial charge < -0.3 is 9.73 Å². The van der Waals surface area contributed by atoms with Crippen LogP contribution in [0.15, 0.2) is 58.2 Å². The van der Waals surface area contributed by atoms with Crippen molar-refractivity contribution in [3.63, 3.8) is 0 Å². The van der Waals surface area contributed by atoms with E-state index >= 15 is 0 Å². The number of para-hydroxylation sites is 3. The number of carbonyl (C=O) groups excluding carboxylic acids is 1. The first-order valence-electron chi connectivity index (χ1n) is 8.50. The Balaban J connectivity index is 1.71. The molecule has 25 heavy (non-hydrogen) atoms. The van der Waals surface area contributed by atoms with Crippen molar-refractivity contribution in [2.45, 2.75) is 43.6 Å². The van der Waals surface area contributed by atoms with Crippen LogP contribution in [-0.2, 0) is 4.79 Å². The third kappa shape index (κ3) is 4.04. The Morgan fingerprint density at radius 1 is 1.16 bits per heavy atom. The summed E-state index contributed by atoms with van der Waals surface area (Å²) < 4.78 is 5.69. The summed E-state index contributed by atoms with van der Waals surface area (Å²) >= 11 is 1.33. The smallest absolute Gasteiger partial charge is 0.257 e. The Morgan fingerprint density at radius 3 is 2.64 bits per heavy atom. The molecule has 130 valence electrons. The number of oxazole rings is 1. The Labute approximate surface area is 152 Å². The van der Waals surface area contributed by atoms with Gasteiger partial charge in [0.1, 0.15) is 5.52 Å². The van der Waals surface area contributed by atoms with Crippen molar-refractivity contribution in [1.29, 1.82) is 0 Å². The highest BCUT2D eigenvalue weighted by molar-refractivity contribution is 8.00. The normalized spacial score (nSPS) is 13.6. The Morgan fingerprint density at radius 2 is 1.88 bits per heavy atom. The van der Waals surface area contributed by atoms with Gasteiger partial charge in [-0.25, -0.2) is 4.98 Å². The van der Waals surface area contributed by atoms with Crippen LogP contribution >= 0.6 is 11.8 Å². The second kappa shape index (κ2) is 7.74. The van der Waals surface area contributed by atoms with E-state index < -0.39 is 0 Å². The molecule has 0 fully saturated rings. The van der Waals surface area contributed by atoms with Crippen molar-refractivity contribution in [3.05, 3.63) is 54.1 Å². The number of nitrogens with one attached hydrogen (secondary N) is 1. The molecule has 0 spiro atoms. The monoisotopic (exact) mass is 354 g/mol. The van der Waals surface area contributed by atoms with Crippen molar-refractivity contribution in [2.24, 2.45) is 0 Å². The van der Waals surface area contributed by atoms with Crippen molar-refractivity contribution >= 4 is 34.5 Å². The van der Waals surface area contributed by atoms with E-state index in [-0.39, 0.29) is 11.2 Å². The van der Waals surface area contributed by atoms with E-state index in [4.69, 9.17) is 4.42 Å². The zero-order chi connectivity index (χ0) is 17.8. The number of thioether (sulfide) groups is 1. The average Bonchev–Trinajstić information content (AvgIpc) is 3.03. The van der Waals surface area contributed by atoms with Crippen LogP contribution in [0.3, 0.4) is 0 Å². The highest BCUT2D eigenvalue weighted by Gasteiger charge is 2.19. The van der Waals surface area contributed by atoms with E-state index in [0.717, 1.165) is 28.8 Å². The van der Waals surface area contributed by atoms with Gasteiger partial charge in [-0.15, -0.1) is 0 Å². The van der Waals surface area contributed by atoms with Crippen molar-refractivity contribution < 1.29 is 9.21 Å². The number of rotatable bonds is 6. The molecular formula is C20H22N2O2S. The van der Waals surface area contributed by atoms with Gasteiger partial charge in [0.15, 0.2) is 5.58 Å². The first-order valence-corrected chi connectivity index (χ1v) is 9.38. The van der Waals surface area contributed by atoms with Gasteiger partial charge in [0.2, 0.25) is 5.91 Å². The van der Waals surface area contributed by atoms with Crippen LogP contribution in [0.2, 0.25) is 0 Å². The third-order valence-electron chi connectivity index (χ3n) is 4.28. The molecule has 0 unspecified atom stereocenters. The SMILES string of the molecule is CC[C@H](C)c1ccccc1NC(=O)[C@@H](C)Sc1nc2ccccc2o1. The topological polar surface area (TPSA) is 55.1 Å². The number of anilines is 1. The Kier molecular flexibility index (Phi) is 5.43. The van der Waals surface area contributed by atoms with Crippen LogP contribution < -0.4 is 5.32 Å². The second-order valence-electron chi connectivity index (χ2n) is 6.09. The van der Waals surface area contributed by atoms with E-state index in [9.17, 15) is 4.79 Å². The fourth-order valence-electron chi connectivity index (χ4n) is 2.60. The quantitative estimate of drug-likeness (QED) is 0.597. The molecule has 1 amide bonds. The summed E-state index contributed by atoms with van der Waals surface area (Å²) in [6.07, 6.45) is 1.03. The van der Waals surface area contributed by atoms with Gasteiger partial charge in [-0.3, -0.25) is 4.79 Å². The number of amides is 1. The van der Waals surface area contributed by atoms with Crippen LogP contribution in [0, 0.1) is 0 Å². The lowest BCUT2D eigenvalue weighted by Gasteiger charge is -2.17. The van der Waals surface area contributed by atoms with Gasteiger partial charge in [-0.2, -0.15) is 0 Å². The first kappa shape index (κ1) is 17.5. The molecule has 0 saturated carbocycles. The van der Waals surface area contributed by atoms with Crippen LogP contribution in [0.25, 0.3) is 11.1 Å². The maximum Gasteiger partial charge on any atom is 0.257 e. The standard InChI is InChI=1S/C20H22N2O2S/c1-4-13(2)15-9-5-6-10-16(15)21-19(23)14(3)25-20-22-17-11-7-8-12-18(17)24-20/h5-14H,4H2,1-3H3,(H,21,23)/t13-,14+/m0/s1. The summed E-state index contributed by atoms with van der Waals surface area (Å²) in [5, 5.41) is 3.26. The number of carbonyl (C=O) groups is 1. The molecule has 2 atom stereocenters. The number of benzene rings is 2. The van der Waals surface area contributed by atoms with E-state index in [1.165, 1.54) is 11.8 Å². The highest BCUT2D eigenvalue weighted by atomic mass is 32.2. The number of hydrogen-bond acceptors (Lipinski definition) is 4. The van der Waals surface area contributed by atoms with E-state index in [2.05, 4.69) is 30.2 Å². The molecule has 3 aromatic rings. The molecule has 1 heterocycles.